The van der Waals surface area contributed by atoms with E-state index in [0.717, 1.165) is 18.0 Å². The molecule has 0 aliphatic heterocycles. The molecule has 0 heterocycles. The lowest BCUT2D eigenvalue weighted by atomic mass is 9.56. The number of nitrogens with one attached hydrogen (secondary N) is 1. The molecule has 3 nitrogen and oxygen atoms in total. The number of ether oxygens (including phenoxy) is 2. The Hall–Kier alpha value is -1.22. The molecular formula is C16H25NO2. The average Bonchev–Trinajstić information content (AvgIpc) is 2.42. The molecular weight excluding hydrogens is 238 g/mol. The molecule has 0 bridgehead atoms. The van der Waals surface area contributed by atoms with E-state index in [4.69, 9.17) is 9.47 Å². The molecule has 106 valence electrons. The van der Waals surface area contributed by atoms with Crippen molar-refractivity contribution in [3.63, 3.8) is 0 Å². The largest absolute Gasteiger partial charge is 0.497 e. The summed E-state index contributed by atoms with van der Waals surface area (Å²) >= 11 is 0. The predicted octanol–water partition coefficient (Wildman–Crippen LogP) is 3.20. The molecule has 1 aromatic carbocycles. The summed E-state index contributed by atoms with van der Waals surface area (Å²) in [5.41, 5.74) is 1.56. The van der Waals surface area contributed by atoms with Crippen LogP contribution in [0.15, 0.2) is 18.2 Å². The van der Waals surface area contributed by atoms with Gasteiger partial charge in [-0.15, -0.1) is 0 Å². The van der Waals surface area contributed by atoms with Crippen molar-refractivity contribution in [3.05, 3.63) is 23.8 Å². The van der Waals surface area contributed by atoms with Gasteiger partial charge in [0.2, 0.25) is 0 Å². The van der Waals surface area contributed by atoms with E-state index in [2.05, 4.69) is 32.2 Å². The summed E-state index contributed by atoms with van der Waals surface area (Å²) < 4.78 is 10.8. The minimum Gasteiger partial charge on any atom is -0.497 e. The van der Waals surface area contributed by atoms with Crippen molar-refractivity contribution in [1.82, 2.24) is 5.32 Å². The van der Waals surface area contributed by atoms with Crippen LogP contribution in [-0.2, 0) is 0 Å². The zero-order valence-electron chi connectivity index (χ0n) is 12.6. The van der Waals surface area contributed by atoms with E-state index in [-0.39, 0.29) is 5.41 Å². The van der Waals surface area contributed by atoms with Crippen LogP contribution in [0.4, 0.5) is 0 Å². The van der Waals surface area contributed by atoms with E-state index in [1.54, 1.807) is 14.2 Å². The number of benzene rings is 1. The number of rotatable bonds is 5. The molecule has 1 aromatic rings. The van der Waals surface area contributed by atoms with Gasteiger partial charge in [-0.2, -0.15) is 0 Å². The highest BCUT2D eigenvalue weighted by atomic mass is 16.5. The Bertz CT molecular complexity index is 442. The second kappa shape index (κ2) is 5.41. The highest BCUT2D eigenvalue weighted by molar-refractivity contribution is 5.45. The van der Waals surface area contributed by atoms with Gasteiger partial charge >= 0.3 is 0 Å². The van der Waals surface area contributed by atoms with Gasteiger partial charge in [-0.25, -0.2) is 0 Å². The molecule has 1 aliphatic rings. The van der Waals surface area contributed by atoms with Gasteiger partial charge in [0.25, 0.3) is 0 Å². The van der Waals surface area contributed by atoms with Crippen LogP contribution in [0.25, 0.3) is 0 Å². The molecule has 2 unspecified atom stereocenters. The van der Waals surface area contributed by atoms with Crippen LogP contribution in [0, 0.1) is 5.41 Å². The highest BCUT2D eigenvalue weighted by Gasteiger charge is 2.49. The Balaban J connectivity index is 2.24. The first-order chi connectivity index (χ1) is 9.04. The summed E-state index contributed by atoms with van der Waals surface area (Å²) in [4.78, 5) is 0. The van der Waals surface area contributed by atoms with E-state index in [9.17, 15) is 0 Å². The molecule has 1 N–H and O–H groups in total. The first-order valence-corrected chi connectivity index (χ1v) is 6.99. The summed E-state index contributed by atoms with van der Waals surface area (Å²) in [6.45, 7) is 7.86. The topological polar surface area (TPSA) is 30.5 Å². The van der Waals surface area contributed by atoms with E-state index in [1.165, 1.54) is 12.0 Å². The van der Waals surface area contributed by atoms with Crippen LogP contribution in [-0.4, -0.2) is 26.8 Å². The summed E-state index contributed by atoms with van der Waals surface area (Å²) in [6, 6.07) is 6.74. The monoisotopic (exact) mass is 263 g/mol. The predicted molar refractivity (Wildman–Crippen MR) is 78.1 cm³/mol. The van der Waals surface area contributed by atoms with Gasteiger partial charge < -0.3 is 14.8 Å². The first-order valence-electron chi connectivity index (χ1n) is 6.99. The zero-order valence-corrected chi connectivity index (χ0v) is 12.6. The first kappa shape index (κ1) is 14.2. The SMILES string of the molecule is CCNC1CC(c2ccc(OC)cc2OC)C1(C)C. The van der Waals surface area contributed by atoms with Gasteiger partial charge in [0.15, 0.2) is 0 Å². The van der Waals surface area contributed by atoms with E-state index in [0.29, 0.717) is 12.0 Å². The van der Waals surface area contributed by atoms with Crippen LogP contribution in [0.2, 0.25) is 0 Å². The molecule has 0 saturated heterocycles. The fourth-order valence-corrected chi connectivity index (χ4v) is 3.15. The Morgan fingerprint density at radius 2 is 2.00 bits per heavy atom. The third-order valence-corrected chi connectivity index (χ3v) is 4.53. The van der Waals surface area contributed by atoms with Crippen LogP contribution in [0.5, 0.6) is 11.5 Å². The maximum Gasteiger partial charge on any atom is 0.126 e. The van der Waals surface area contributed by atoms with Crippen molar-refractivity contribution >= 4 is 0 Å². The third kappa shape index (κ3) is 2.44. The summed E-state index contributed by atoms with van der Waals surface area (Å²) in [7, 11) is 3.41. The molecule has 2 atom stereocenters. The van der Waals surface area contributed by atoms with Gasteiger partial charge in [-0.05, 0) is 35.9 Å². The summed E-state index contributed by atoms with van der Waals surface area (Å²) in [5.74, 6) is 2.32. The normalized spacial score (nSPS) is 24.7. The molecule has 0 spiro atoms. The Morgan fingerprint density at radius 3 is 2.53 bits per heavy atom. The minimum atomic E-state index is 0.262. The Morgan fingerprint density at radius 1 is 1.26 bits per heavy atom. The van der Waals surface area contributed by atoms with Crippen molar-refractivity contribution < 1.29 is 9.47 Å². The molecule has 1 fully saturated rings. The molecule has 1 aliphatic carbocycles. The molecule has 0 radical (unpaired) electrons. The number of hydrogen-bond acceptors (Lipinski definition) is 3. The minimum absolute atomic E-state index is 0.262. The van der Waals surface area contributed by atoms with Crippen molar-refractivity contribution in [2.24, 2.45) is 5.41 Å². The fraction of sp³-hybridized carbons (Fsp3) is 0.625. The van der Waals surface area contributed by atoms with Gasteiger partial charge in [0, 0.05) is 12.1 Å². The summed E-state index contributed by atoms with van der Waals surface area (Å²) in [5, 5.41) is 3.57. The van der Waals surface area contributed by atoms with Crippen molar-refractivity contribution in [1.29, 1.82) is 0 Å². The van der Waals surface area contributed by atoms with Gasteiger partial charge in [0.05, 0.1) is 14.2 Å². The van der Waals surface area contributed by atoms with Crippen molar-refractivity contribution in [3.8, 4) is 11.5 Å². The fourth-order valence-electron chi connectivity index (χ4n) is 3.15. The maximum absolute atomic E-state index is 5.53. The Kier molecular flexibility index (Phi) is 4.04. The van der Waals surface area contributed by atoms with E-state index in [1.807, 2.05) is 12.1 Å². The maximum atomic E-state index is 5.53. The lowest BCUT2D eigenvalue weighted by Crippen LogP contribution is -2.55. The average molecular weight is 263 g/mol. The second-order valence-corrected chi connectivity index (χ2v) is 5.83. The van der Waals surface area contributed by atoms with E-state index < -0.39 is 0 Å². The highest BCUT2D eigenvalue weighted by Crippen LogP contribution is 2.54. The van der Waals surface area contributed by atoms with Crippen LogP contribution in [0.1, 0.15) is 38.7 Å². The number of methoxy groups -OCH3 is 2. The zero-order chi connectivity index (χ0) is 14.0. The van der Waals surface area contributed by atoms with E-state index >= 15 is 0 Å². The molecule has 0 amide bonds. The molecule has 0 aromatic heterocycles. The van der Waals surface area contributed by atoms with Crippen LogP contribution < -0.4 is 14.8 Å². The second-order valence-electron chi connectivity index (χ2n) is 5.83. The number of hydrogen-bond donors (Lipinski definition) is 1. The van der Waals surface area contributed by atoms with Crippen LogP contribution >= 0.6 is 0 Å². The van der Waals surface area contributed by atoms with Crippen molar-refractivity contribution in [2.45, 2.75) is 39.2 Å². The summed E-state index contributed by atoms with van der Waals surface area (Å²) in [6.07, 6.45) is 1.17. The molecule has 19 heavy (non-hydrogen) atoms. The third-order valence-electron chi connectivity index (χ3n) is 4.53. The Labute approximate surface area is 116 Å². The van der Waals surface area contributed by atoms with Crippen LogP contribution in [0.3, 0.4) is 0 Å². The van der Waals surface area contributed by atoms with Gasteiger partial charge in [-0.3, -0.25) is 0 Å². The van der Waals surface area contributed by atoms with Crippen molar-refractivity contribution in [2.75, 3.05) is 20.8 Å². The lowest BCUT2D eigenvalue weighted by Gasteiger charge is -2.53. The quantitative estimate of drug-likeness (QED) is 0.885. The standard InChI is InChI=1S/C16H25NO2/c1-6-17-15-10-13(16(15,2)3)12-8-7-11(18-4)9-14(12)19-5/h7-9,13,15,17H,6,10H2,1-5H3. The molecule has 1 saturated carbocycles. The van der Waals surface area contributed by atoms with Gasteiger partial charge in [-0.1, -0.05) is 26.8 Å². The molecule has 2 rings (SSSR count). The van der Waals surface area contributed by atoms with Gasteiger partial charge in [0.1, 0.15) is 11.5 Å². The lowest BCUT2D eigenvalue weighted by molar-refractivity contribution is 0.0689. The smallest absolute Gasteiger partial charge is 0.126 e. The molecule has 3 heteroatoms.